The summed E-state index contributed by atoms with van der Waals surface area (Å²) in [5, 5.41) is 10.8. The van der Waals surface area contributed by atoms with Gasteiger partial charge in [-0.3, -0.25) is 14.4 Å². The van der Waals surface area contributed by atoms with Crippen molar-refractivity contribution in [3.05, 3.63) is 11.6 Å². The van der Waals surface area contributed by atoms with Crippen LogP contribution >= 0.6 is 0 Å². The van der Waals surface area contributed by atoms with E-state index < -0.39 is 12.2 Å². The maximum atomic E-state index is 12.3. The number of allylic oxidation sites excluding steroid dienone is 1. The van der Waals surface area contributed by atoms with Crippen LogP contribution < -0.4 is 0 Å². The van der Waals surface area contributed by atoms with Crippen LogP contribution in [0.3, 0.4) is 0 Å². The second kappa shape index (κ2) is 12.1. The Morgan fingerprint density at radius 2 is 1.68 bits per heavy atom. The Bertz CT molecular complexity index is 987. The number of aliphatic hydroxyl groups excluding tert-OH is 1. The molecular weight excluding hydrogens is 508 g/mol. The molecule has 0 heterocycles. The van der Waals surface area contributed by atoms with Crippen molar-refractivity contribution in [1.29, 1.82) is 0 Å². The fourth-order valence-corrected chi connectivity index (χ4v) is 9.64. The molecular formula is C33H52O7. The smallest absolute Gasteiger partial charge is 0.302 e. The number of esters is 3. The number of rotatable bonds is 9. The van der Waals surface area contributed by atoms with E-state index in [9.17, 15) is 19.5 Å². The summed E-state index contributed by atoms with van der Waals surface area (Å²) in [6.45, 7) is 13.9. The van der Waals surface area contributed by atoms with Gasteiger partial charge in [0, 0.05) is 32.1 Å². The molecule has 0 saturated heterocycles. The largest absolute Gasteiger partial charge is 0.465 e. The lowest BCUT2D eigenvalue weighted by Gasteiger charge is -2.59. The molecule has 4 rings (SSSR count). The molecule has 10 atom stereocenters. The van der Waals surface area contributed by atoms with Gasteiger partial charge in [0.2, 0.25) is 0 Å². The van der Waals surface area contributed by atoms with Gasteiger partial charge in [0.1, 0.15) is 12.2 Å². The summed E-state index contributed by atoms with van der Waals surface area (Å²) >= 11 is 0. The molecule has 0 aliphatic heterocycles. The summed E-state index contributed by atoms with van der Waals surface area (Å²) in [7, 11) is 0. The average Bonchev–Trinajstić information content (AvgIpc) is 3.16. The molecule has 0 bridgehead atoms. The van der Waals surface area contributed by atoms with E-state index in [0.29, 0.717) is 43.1 Å². The highest BCUT2D eigenvalue weighted by Crippen LogP contribution is 2.68. The van der Waals surface area contributed by atoms with Gasteiger partial charge in [-0.25, -0.2) is 0 Å². The van der Waals surface area contributed by atoms with Crippen molar-refractivity contribution in [2.45, 2.75) is 125 Å². The first-order valence-electron chi connectivity index (χ1n) is 15.6. The fourth-order valence-electron chi connectivity index (χ4n) is 9.64. The molecule has 0 aromatic heterocycles. The van der Waals surface area contributed by atoms with E-state index in [1.54, 1.807) is 0 Å². The zero-order chi connectivity index (χ0) is 29.4. The Kier molecular flexibility index (Phi) is 9.43. The van der Waals surface area contributed by atoms with E-state index in [-0.39, 0.29) is 46.7 Å². The number of hydrogen-bond donors (Lipinski definition) is 1. The van der Waals surface area contributed by atoms with Crippen LogP contribution in [0.5, 0.6) is 0 Å². The minimum absolute atomic E-state index is 0.133. The molecule has 7 nitrogen and oxygen atoms in total. The van der Waals surface area contributed by atoms with Crippen molar-refractivity contribution in [1.82, 2.24) is 0 Å². The highest BCUT2D eigenvalue weighted by Gasteiger charge is 2.65. The third kappa shape index (κ3) is 6.00. The molecule has 0 spiro atoms. The lowest BCUT2D eigenvalue weighted by molar-refractivity contribution is -0.166. The molecule has 7 heteroatoms. The van der Waals surface area contributed by atoms with Crippen LogP contribution in [0.1, 0.15) is 106 Å². The van der Waals surface area contributed by atoms with Crippen molar-refractivity contribution in [3.8, 4) is 0 Å². The number of carbonyl (C=O) groups excluding carboxylic acids is 3. The monoisotopic (exact) mass is 560 g/mol. The van der Waals surface area contributed by atoms with Gasteiger partial charge in [-0.05, 0) is 73.5 Å². The summed E-state index contributed by atoms with van der Waals surface area (Å²) in [6.07, 6.45) is 9.06. The minimum Gasteiger partial charge on any atom is -0.465 e. The highest BCUT2D eigenvalue weighted by molar-refractivity contribution is 5.67. The van der Waals surface area contributed by atoms with Crippen molar-refractivity contribution in [3.63, 3.8) is 0 Å². The summed E-state index contributed by atoms with van der Waals surface area (Å²) in [6, 6.07) is 0. The summed E-state index contributed by atoms with van der Waals surface area (Å²) in [5.74, 6) is 1.21. The van der Waals surface area contributed by atoms with Crippen LogP contribution in [0, 0.1) is 46.3 Å². The Labute approximate surface area is 240 Å². The fraction of sp³-hybridized carbons (Fsp3) is 0.848. The lowest BCUT2D eigenvalue weighted by atomic mass is 9.46. The maximum absolute atomic E-state index is 12.3. The first-order chi connectivity index (χ1) is 18.8. The first-order valence-corrected chi connectivity index (χ1v) is 15.6. The molecule has 0 aromatic carbocycles. The first kappa shape index (κ1) is 31.1. The number of ether oxygens (including phenoxy) is 3. The van der Waals surface area contributed by atoms with E-state index in [1.165, 1.54) is 32.8 Å². The highest BCUT2D eigenvalue weighted by atomic mass is 16.6. The molecule has 0 radical (unpaired) electrons. The molecule has 0 unspecified atom stereocenters. The second-order valence-electron chi connectivity index (χ2n) is 14.1. The molecule has 3 saturated carbocycles. The van der Waals surface area contributed by atoms with Crippen molar-refractivity contribution < 1.29 is 33.7 Å². The number of fused-ring (bicyclic) bond motifs is 5. The summed E-state index contributed by atoms with van der Waals surface area (Å²) < 4.78 is 17.6. The predicted octanol–water partition coefficient (Wildman–Crippen LogP) is 6.02. The van der Waals surface area contributed by atoms with Crippen molar-refractivity contribution in [2.75, 3.05) is 6.61 Å². The minimum atomic E-state index is -0.678. The average molecular weight is 561 g/mol. The Balaban J connectivity index is 1.69. The molecule has 40 heavy (non-hydrogen) atoms. The van der Waals surface area contributed by atoms with Crippen LogP contribution in [0.15, 0.2) is 11.6 Å². The standard InChI is InChI=1S/C33H52O7/c1-19(2)9-8-10-20(3)31-29(39-22(5)35)16-27-25-12-11-24-15-28(37)30(40-23(6)36)17-32(24,7)26(25)13-14-33(27,31)18-38-21(4)34/h11,19-20,25-31,37H,8-10,12-18H2,1-7H3/t20-,25-,26+,27+,28+,29+,30-,31+,32+,33-/m1/s1. The van der Waals surface area contributed by atoms with Crippen molar-refractivity contribution in [2.24, 2.45) is 46.3 Å². The zero-order valence-corrected chi connectivity index (χ0v) is 25.7. The van der Waals surface area contributed by atoms with Gasteiger partial charge in [0.15, 0.2) is 0 Å². The third-order valence-corrected chi connectivity index (χ3v) is 11.1. The summed E-state index contributed by atoms with van der Waals surface area (Å²) in [5.41, 5.74) is 0.869. The van der Waals surface area contributed by atoms with E-state index >= 15 is 0 Å². The predicted molar refractivity (Wildman–Crippen MR) is 152 cm³/mol. The SMILES string of the molecule is CC(=O)OC[C@]12CC[C@H]3[C@@H](CC=C4C[C@H](O)[C@H](OC(C)=O)C[C@@]43C)[C@@H]1C[C@H](OC(C)=O)[C@@H]2[C@H](C)CCCC(C)C. The second-order valence-corrected chi connectivity index (χ2v) is 14.1. The molecule has 0 amide bonds. The van der Waals surface area contributed by atoms with Crippen molar-refractivity contribution >= 4 is 17.9 Å². The van der Waals surface area contributed by atoms with Gasteiger partial charge < -0.3 is 19.3 Å². The van der Waals surface area contributed by atoms with Gasteiger partial charge in [-0.15, -0.1) is 0 Å². The number of aliphatic hydroxyl groups is 1. The van der Waals surface area contributed by atoms with Gasteiger partial charge in [-0.1, -0.05) is 58.6 Å². The molecule has 0 aromatic rings. The van der Waals surface area contributed by atoms with Gasteiger partial charge >= 0.3 is 17.9 Å². The number of carbonyl (C=O) groups is 3. The quantitative estimate of drug-likeness (QED) is 0.209. The Morgan fingerprint density at radius 1 is 1.00 bits per heavy atom. The van der Waals surface area contributed by atoms with Gasteiger partial charge in [-0.2, -0.15) is 0 Å². The molecule has 3 fully saturated rings. The Hall–Kier alpha value is -1.89. The maximum Gasteiger partial charge on any atom is 0.302 e. The molecule has 1 N–H and O–H groups in total. The van der Waals surface area contributed by atoms with Crippen LogP contribution in [-0.2, 0) is 28.6 Å². The summed E-state index contributed by atoms with van der Waals surface area (Å²) in [4.78, 5) is 36.3. The van der Waals surface area contributed by atoms with E-state index in [1.807, 2.05) is 0 Å². The van der Waals surface area contributed by atoms with Crippen LogP contribution in [-0.4, -0.2) is 47.9 Å². The molecule has 226 valence electrons. The van der Waals surface area contributed by atoms with Crippen LogP contribution in [0.2, 0.25) is 0 Å². The van der Waals surface area contributed by atoms with E-state index in [2.05, 4.69) is 33.8 Å². The zero-order valence-electron chi connectivity index (χ0n) is 25.7. The van der Waals surface area contributed by atoms with E-state index in [0.717, 1.165) is 38.5 Å². The topological polar surface area (TPSA) is 99.1 Å². The number of hydrogen-bond acceptors (Lipinski definition) is 7. The normalized spacial score (nSPS) is 39.3. The van der Waals surface area contributed by atoms with Crippen LogP contribution in [0.4, 0.5) is 0 Å². The molecule has 4 aliphatic rings. The van der Waals surface area contributed by atoms with Gasteiger partial charge in [0.05, 0.1) is 12.7 Å². The third-order valence-electron chi connectivity index (χ3n) is 11.1. The van der Waals surface area contributed by atoms with Gasteiger partial charge in [0.25, 0.3) is 0 Å². The van der Waals surface area contributed by atoms with E-state index in [4.69, 9.17) is 14.2 Å². The Morgan fingerprint density at radius 3 is 2.30 bits per heavy atom. The lowest BCUT2D eigenvalue weighted by Crippen LogP contribution is -2.55. The molecule has 4 aliphatic carbocycles. The van der Waals surface area contributed by atoms with Crippen LogP contribution in [0.25, 0.3) is 0 Å².